The van der Waals surface area contributed by atoms with Crippen molar-refractivity contribution in [2.45, 2.75) is 90.4 Å². The van der Waals surface area contributed by atoms with Crippen molar-refractivity contribution in [3.63, 3.8) is 0 Å². The van der Waals surface area contributed by atoms with E-state index in [1.165, 1.54) is 36.4 Å². The molecule has 0 radical (unpaired) electrons. The second-order valence-electron chi connectivity index (χ2n) is 19.6. The van der Waals surface area contributed by atoms with Crippen LogP contribution in [0.4, 0.5) is 42.1 Å². The van der Waals surface area contributed by atoms with Crippen LogP contribution in [0.2, 0.25) is 0 Å². The molecule has 2 atom stereocenters. The highest BCUT2D eigenvalue weighted by atomic mass is 19.4. The number of nitrogens with two attached hydrogens (primary N) is 1. The number of fused-ring (bicyclic) bond motifs is 2. The van der Waals surface area contributed by atoms with Crippen LogP contribution in [0.3, 0.4) is 0 Å². The van der Waals surface area contributed by atoms with Gasteiger partial charge in [-0.15, -0.1) is 0 Å². The van der Waals surface area contributed by atoms with E-state index in [-0.39, 0.29) is 30.5 Å². The molecule has 1 amide bonds. The summed E-state index contributed by atoms with van der Waals surface area (Å²) in [6.45, 7) is 5.43. The van der Waals surface area contributed by atoms with E-state index in [0.29, 0.717) is 79.8 Å². The molecule has 0 saturated carbocycles. The Labute approximate surface area is 450 Å². The van der Waals surface area contributed by atoms with Crippen molar-refractivity contribution < 1.29 is 69.1 Å². The summed E-state index contributed by atoms with van der Waals surface area (Å²) in [5.41, 5.74) is 13.3. The molecule has 420 valence electrons. The molecule has 5 aromatic rings. The Kier molecular flexibility index (Phi) is 22.3. The van der Waals surface area contributed by atoms with Crippen LogP contribution in [0.15, 0.2) is 97.1 Å². The highest BCUT2D eigenvalue weighted by Crippen LogP contribution is 2.36. The molecule has 19 heteroatoms. The summed E-state index contributed by atoms with van der Waals surface area (Å²) in [6.07, 6.45) is -1.26. The zero-order valence-corrected chi connectivity index (χ0v) is 43.9. The van der Waals surface area contributed by atoms with E-state index in [2.05, 4.69) is 41.8 Å². The van der Waals surface area contributed by atoms with Crippen LogP contribution >= 0.6 is 0 Å². The largest absolute Gasteiger partial charge is 0.490 e. The number of nitriles is 1. The van der Waals surface area contributed by atoms with Gasteiger partial charge in [-0.3, -0.25) is 4.79 Å². The van der Waals surface area contributed by atoms with Crippen LogP contribution in [0.1, 0.15) is 101 Å². The first-order valence-electron chi connectivity index (χ1n) is 26.2. The predicted octanol–water partition coefficient (Wildman–Crippen LogP) is 11.8. The summed E-state index contributed by atoms with van der Waals surface area (Å²) in [5, 5.41) is 19.0. The Balaban J connectivity index is 0.000000258. The Morgan fingerprint density at radius 1 is 0.654 bits per heavy atom. The summed E-state index contributed by atoms with van der Waals surface area (Å²) in [7, 11) is 0. The third-order valence-corrected chi connectivity index (χ3v) is 13.1. The minimum Gasteiger partial charge on any atom is -0.490 e. The third-order valence-electron chi connectivity index (χ3n) is 13.1. The topological polar surface area (TPSA) is 157 Å². The number of alkyl halides is 6. The lowest BCUT2D eigenvalue weighted by Gasteiger charge is -2.22. The van der Waals surface area contributed by atoms with Crippen molar-refractivity contribution in [2.24, 2.45) is 17.6 Å². The fourth-order valence-corrected chi connectivity index (χ4v) is 9.62. The lowest BCUT2D eigenvalue weighted by atomic mass is 9.93. The number of aliphatic hydroxyl groups is 1. The number of nitrogens with zero attached hydrogens (tertiary/aromatic N) is 3. The van der Waals surface area contributed by atoms with E-state index in [1.807, 2.05) is 12.1 Å². The van der Waals surface area contributed by atoms with Gasteiger partial charge in [0, 0.05) is 32.8 Å². The monoisotopic (exact) mass is 1090 g/mol. The number of hydrogen-bond acceptors (Lipinski definition) is 11. The van der Waals surface area contributed by atoms with Crippen molar-refractivity contribution in [3.8, 4) is 29.1 Å². The van der Waals surface area contributed by atoms with Crippen LogP contribution in [0, 0.1) is 29.0 Å². The Morgan fingerprint density at radius 3 is 1.62 bits per heavy atom. The Morgan fingerprint density at radius 2 is 1.13 bits per heavy atom. The Hall–Kier alpha value is -7.20. The van der Waals surface area contributed by atoms with Crippen LogP contribution in [0.25, 0.3) is 0 Å². The molecule has 0 saturated heterocycles. The number of hydrogen-bond donors (Lipinski definition) is 2. The van der Waals surface area contributed by atoms with Crippen LogP contribution in [-0.4, -0.2) is 95.2 Å². The summed E-state index contributed by atoms with van der Waals surface area (Å²) < 4.78 is 114. The van der Waals surface area contributed by atoms with Crippen LogP contribution < -0.4 is 34.5 Å². The molecule has 78 heavy (non-hydrogen) atoms. The van der Waals surface area contributed by atoms with Crippen molar-refractivity contribution in [3.05, 3.63) is 142 Å². The molecule has 2 aliphatic rings. The number of halogens is 7. The molecule has 3 N–H and O–H groups in total. The number of para-hydroxylation sites is 4. The first-order chi connectivity index (χ1) is 37.3. The van der Waals surface area contributed by atoms with Gasteiger partial charge >= 0.3 is 18.3 Å². The number of carbonyl (C=O) groups is 2. The minimum atomic E-state index is -4.42. The fourth-order valence-electron chi connectivity index (χ4n) is 9.62. The van der Waals surface area contributed by atoms with Crippen molar-refractivity contribution in [1.29, 1.82) is 5.26 Å². The maximum absolute atomic E-state index is 13.1. The average Bonchev–Trinajstić information content (AvgIpc) is 4.06. The molecular weight excluding hydrogens is 1030 g/mol. The molecular formula is C59H67F7N4O8. The highest BCUT2D eigenvalue weighted by Gasteiger charge is 2.31. The molecule has 0 aliphatic carbocycles. The van der Waals surface area contributed by atoms with Gasteiger partial charge in [-0.1, -0.05) is 50.2 Å². The van der Waals surface area contributed by atoms with E-state index in [9.17, 15) is 45.6 Å². The Bertz CT molecular complexity index is 2790. The molecule has 0 bridgehead atoms. The van der Waals surface area contributed by atoms with E-state index in [4.69, 9.17) is 34.5 Å². The second-order valence-corrected chi connectivity index (χ2v) is 19.6. The number of benzene rings is 5. The van der Waals surface area contributed by atoms with E-state index < -0.39 is 43.3 Å². The van der Waals surface area contributed by atoms with E-state index in [1.54, 1.807) is 36.4 Å². The molecule has 0 aromatic heterocycles. The number of carbonyl (C=O) groups excluding carboxylic acids is 2. The predicted molar refractivity (Wildman–Crippen MR) is 282 cm³/mol. The van der Waals surface area contributed by atoms with E-state index in [0.717, 1.165) is 91.7 Å². The van der Waals surface area contributed by atoms with Gasteiger partial charge in [-0.05, 0) is 159 Å². The smallest absolute Gasteiger partial charge is 0.422 e. The first-order valence-corrected chi connectivity index (χ1v) is 26.2. The van der Waals surface area contributed by atoms with Gasteiger partial charge in [-0.2, -0.15) is 31.6 Å². The quantitative estimate of drug-likeness (QED) is 0.0293. The number of ether oxygens (including phenoxy) is 5. The molecule has 2 aliphatic heterocycles. The normalized spacial score (nSPS) is 13.6. The lowest BCUT2D eigenvalue weighted by molar-refractivity contribution is -0.154. The van der Waals surface area contributed by atoms with Crippen molar-refractivity contribution >= 4 is 23.3 Å². The molecule has 7 rings (SSSR count). The van der Waals surface area contributed by atoms with Crippen molar-refractivity contribution in [2.75, 3.05) is 75.6 Å². The summed E-state index contributed by atoms with van der Waals surface area (Å²) in [5.74, 6) is -0.0399. The number of esters is 1. The summed E-state index contributed by atoms with van der Waals surface area (Å²) in [6, 6.07) is 28.3. The number of aliphatic hydroxyl groups excluding tert-OH is 1. The number of primary amides is 1. The van der Waals surface area contributed by atoms with Gasteiger partial charge in [0.05, 0.1) is 47.9 Å². The van der Waals surface area contributed by atoms with Gasteiger partial charge in [0.1, 0.15) is 11.9 Å². The molecule has 5 aromatic carbocycles. The maximum Gasteiger partial charge on any atom is 0.422 e. The van der Waals surface area contributed by atoms with Crippen LogP contribution in [0.5, 0.6) is 23.0 Å². The first kappa shape index (κ1) is 60.0. The molecule has 0 spiro atoms. The second kappa shape index (κ2) is 29.0. The molecule has 0 unspecified atom stereocenters. The van der Waals surface area contributed by atoms with Gasteiger partial charge in [0.25, 0.3) is 5.91 Å². The number of rotatable bonds is 27. The highest BCUT2D eigenvalue weighted by molar-refractivity contribution is 6.00. The van der Waals surface area contributed by atoms with Gasteiger partial charge in [0.15, 0.2) is 36.2 Å². The minimum absolute atomic E-state index is 0.0649. The third kappa shape index (κ3) is 18.8. The molecule has 0 fully saturated rings. The lowest BCUT2D eigenvalue weighted by Crippen LogP contribution is -2.25. The maximum atomic E-state index is 13.1. The van der Waals surface area contributed by atoms with Gasteiger partial charge < -0.3 is 44.3 Å². The average molecular weight is 1090 g/mol. The van der Waals surface area contributed by atoms with Crippen LogP contribution in [-0.2, 0) is 30.4 Å². The van der Waals surface area contributed by atoms with Gasteiger partial charge in [0.2, 0.25) is 0 Å². The van der Waals surface area contributed by atoms with Gasteiger partial charge in [-0.25, -0.2) is 9.18 Å². The SMILES string of the molecule is C[C@@H](CCCOc1ccccc1OCC(F)(F)F)Cc1cc(C#N)c2c(c1)CCN2CCCOC(=O)c1ccc(F)cc1.C[C@@H](CCCOc1ccccc1OCC(F)(F)F)Cc1cc2c(c(C(N)=O)c1)N(CCCO)CC2. The number of amides is 1. The number of anilines is 2. The zero-order chi connectivity index (χ0) is 56.2. The molecule has 12 nitrogen and oxygen atoms in total. The zero-order valence-electron chi connectivity index (χ0n) is 43.9. The van der Waals surface area contributed by atoms with E-state index >= 15 is 0 Å². The standard InChI is InChI=1S/C33H34F4N2O4.C26H33F3N2O4/c1-23(6-4-16-41-29-7-2-3-8-30(29)43-22-33(35,36)37)18-24-19-26-13-15-39(31(26)27(20-24)21-38)14-5-17-42-32(40)25-9-11-28(34)12-10-25;1-18(6-4-13-34-22-7-2-3-8-23(22)35-17-26(27,28)29)14-19-15-20-9-11-31(10-5-12-32)24(20)21(16-19)25(30)33/h2-3,7-12,19-20,23H,4-6,13-18,22H2,1H3;2-3,7-8,15-16,18,32H,4-6,9-14,17H2,1H3,(H2,30,33)/t23-;18-/m00/s1. The fraction of sp³-hybridized carbons (Fsp3) is 0.441. The summed E-state index contributed by atoms with van der Waals surface area (Å²) >= 11 is 0. The van der Waals surface area contributed by atoms with Crippen molar-refractivity contribution in [1.82, 2.24) is 0 Å². The molecule has 2 heterocycles. The summed E-state index contributed by atoms with van der Waals surface area (Å²) in [4.78, 5) is 28.6.